The molecule has 0 spiro atoms. The minimum absolute atomic E-state index is 0.235. The van der Waals surface area contributed by atoms with Crippen molar-refractivity contribution in [3.63, 3.8) is 0 Å². The molecule has 0 aromatic rings. The molecule has 0 unspecified atom stereocenters. The minimum atomic E-state index is -0.757. The molecule has 0 fully saturated rings. The van der Waals surface area contributed by atoms with Gasteiger partial charge in [-0.1, -0.05) is 13.8 Å². The van der Waals surface area contributed by atoms with E-state index in [0.29, 0.717) is 6.42 Å². The van der Waals surface area contributed by atoms with Gasteiger partial charge in [-0.05, 0) is 33.1 Å². The molecule has 1 amide bonds. The number of hydrogen-bond acceptors (Lipinski definition) is 3. The molecule has 0 rings (SSSR count). The smallest absolute Gasteiger partial charge is 0.538 e. The molecule has 17 heavy (non-hydrogen) atoms. The highest BCUT2D eigenvalue weighted by Gasteiger charge is 2.35. The topological polar surface area (TPSA) is 69.5 Å². The van der Waals surface area contributed by atoms with E-state index in [4.69, 9.17) is 9.84 Å². The SMILES string of the molecule is CC(C)C[C@@H](C(=O)[OH2+])N(C)C(=O)OC(C)(C)C. The van der Waals surface area contributed by atoms with Crippen molar-refractivity contribution in [2.24, 2.45) is 5.92 Å². The standard InChI is InChI=1S/C12H23NO4/c1-8(2)7-9(10(14)15)13(6)11(16)17-12(3,4)5/h8-9H,7H2,1-6H3,(H,14,15)/p+1/t9-/m0/s1. The number of amides is 1. The normalized spacial score (nSPS) is 13.4. The number of rotatable bonds is 4. The molecule has 0 aliphatic rings. The summed E-state index contributed by atoms with van der Waals surface area (Å²) in [5, 5.41) is 7.19. The highest BCUT2D eigenvalue weighted by Crippen LogP contribution is 2.15. The molecule has 5 nitrogen and oxygen atoms in total. The fourth-order valence-corrected chi connectivity index (χ4v) is 1.35. The summed E-state index contributed by atoms with van der Waals surface area (Å²) in [6, 6.07) is -0.732. The molecule has 100 valence electrons. The Morgan fingerprint density at radius 1 is 1.29 bits per heavy atom. The lowest BCUT2D eigenvalue weighted by Gasteiger charge is -2.27. The molecule has 0 aliphatic carbocycles. The average molecular weight is 246 g/mol. The Kier molecular flexibility index (Phi) is 5.45. The van der Waals surface area contributed by atoms with E-state index >= 15 is 0 Å². The lowest BCUT2D eigenvalue weighted by atomic mass is 10.0. The maximum absolute atomic E-state index is 11.8. The van der Waals surface area contributed by atoms with E-state index in [2.05, 4.69) is 0 Å². The van der Waals surface area contributed by atoms with Gasteiger partial charge in [0.2, 0.25) is 0 Å². The summed E-state index contributed by atoms with van der Waals surface area (Å²) in [5.74, 6) is -0.522. The van der Waals surface area contributed by atoms with Crippen molar-refractivity contribution < 1.29 is 19.4 Å². The zero-order valence-corrected chi connectivity index (χ0v) is 11.5. The summed E-state index contributed by atoms with van der Waals surface area (Å²) in [4.78, 5) is 24.2. The monoisotopic (exact) mass is 246 g/mol. The van der Waals surface area contributed by atoms with Gasteiger partial charge in [0.15, 0.2) is 6.04 Å². The van der Waals surface area contributed by atoms with Crippen molar-refractivity contribution in [1.82, 2.24) is 4.90 Å². The summed E-state index contributed by atoms with van der Waals surface area (Å²) < 4.78 is 5.16. The second-order valence-electron chi connectivity index (χ2n) is 5.60. The van der Waals surface area contributed by atoms with Gasteiger partial charge < -0.3 is 9.84 Å². The summed E-state index contributed by atoms with van der Waals surface area (Å²) >= 11 is 0. The Bertz CT molecular complexity index is 281. The molecule has 0 aromatic carbocycles. The second-order valence-corrected chi connectivity index (χ2v) is 5.60. The number of likely N-dealkylation sites (N-methyl/N-ethyl adjacent to an activating group) is 1. The van der Waals surface area contributed by atoms with E-state index < -0.39 is 23.7 Å². The first kappa shape index (κ1) is 15.7. The maximum Gasteiger partial charge on any atom is 0.538 e. The Hall–Kier alpha value is -1.26. The van der Waals surface area contributed by atoms with Crippen LogP contribution < -0.4 is 0 Å². The van der Waals surface area contributed by atoms with Gasteiger partial charge in [0.05, 0.1) is 0 Å². The highest BCUT2D eigenvalue weighted by atomic mass is 16.6. The molecule has 0 bridgehead atoms. The van der Waals surface area contributed by atoms with Crippen LogP contribution in [0, 0.1) is 5.92 Å². The molecule has 1 atom stereocenters. The average Bonchev–Trinajstić information content (AvgIpc) is 2.09. The number of carbonyl (C=O) groups is 2. The van der Waals surface area contributed by atoms with Crippen LogP contribution in [0.25, 0.3) is 0 Å². The van der Waals surface area contributed by atoms with Crippen LogP contribution >= 0.6 is 0 Å². The number of hydrogen-bond donors (Lipinski definition) is 0. The molecule has 0 aromatic heterocycles. The first-order valence-corrected chi connectivity index (χ1v) is 5.76. The Morgan fingerprint density at radius 3 is 2.06 bits per heavy atom. The Morgan fingerprint density at radius 2 is 1.76 bits per heavy atom. The third-order valence-electron chi connectivity index (χ3n) is 2.15. The fraction of sp³-hybridized carbons (Fsp3) is 0.833. The highest BCUT2D eigenvalue weighted by molar-refractivity contribution is 5.79. The molecular formula is C12H24NO4+. The van der Waals surface area contributed by atoms with Crippen LogP contribution in [0.2, 0.25) is 0 Å². The maximum atomic E-state index is 11.8. The van der Waals surface area contributed by atoms with E-state index in [-0.39, 0.29) is 5.92 Å². The van der Waals surface area contributed by atoms with Crippen molar-refractivity contribution in [3.8, 4) is 0 Å². The van der Waals surface area contributed by atoms with Crippen molar-refractivity contribution >= 4 is 12.1 Å². The van der Waals surface area contributed by atoms with E-state index in [0.717, 1.165) is 0 Å². The number of ether oxygens (including phenoxy) is 1. The van der Waals surface area contributed by atoms with Crippen molar-refractivity contribution in [3.05, 3.63) is 0 Å². The lowest BCUT2D eigenvalue weighted by molar-refractivity contribution is -0.143. The molecule has 2 N–H and O–H groups in total. The van der Waals surface area contributed by atoms with Crippen molar-refractivity contribution in [2.45, 2.75) is 52.7 Å². The van der Waals surface area contributed by atoms with Gasteiger partial charge in [-0.15, -0.1) is 0 Å². The molecule has 0 radical (unpaired) electrons. The van der Waals surface area contributed by atoms with Crippen LogP contribution in [0.4, 0.5) is 4.79 Å². The van der Waals surface area contributed by atoms with Crippen LogP contribution in [0.15, 0.2) is 0 Å². The van der Waals surface area contributed by atoms with Crippen molar-refractivity contribution in [1.29, 1.82) is 0 Å². The van der Waals surface area contributed by atoms with E-state index in [1.54, 1.807) is 20.8 Å². The van der Waals surface area contributed by atoms with Crippen LogP contribution in [-0.2, 0) is 9.53 Å². The van der Waals surface area contributed by atoms with Crippen LogP contribution in [-0.4, -0.2) is 40.8 Å². The van der Waals surface area contributed by atoms with Gasteiger partial charge in [-0.3, -0.25) is 4.90 Å². The fourth-order valence-electron chi connectivity index (χ4n) is 1.35. The van der Waals surface area contributed by atoms with E-state index in [9.17, 15) is 9.59 Å². The van der Waals surface area contributed by atoms with E-state index in [1.807, 2.05) is 13.8 Å². The largest absolute Gasteiger partial charge is 0.563 e. The molecule has 0 aliphatic heterocycles. The Balaban J connectivity index is 4.67. The van der Waals surface area contributed by atoms with Crippen LogP contribution in [0.5, 0.6) is 0 Å². The van der Waals surface area contributed by atoms with Gasteiger partial charge in [0.25, 0.3) is 0 Å². The Labute approximate surface area is 103 Å². The van der Waals surface area contributed by atoms with Gasteiger partial charge >= 0.3 is 12.1 Å². The number of nitrogens with zero attached hydrogens (tertiary/aromatic N) is 1. The first-order chi connectivity index (χ1) is 7.54. The predicted octanol–water partition coefficient (Wildman–Crippen LogP) is 1.52. The molecular weight excluding hydrogens is 222 g/mol. The minimum Gasteiger partial charge on any atom is -0.563 e. The molecule has 0 saturated heterocycles. The summed E-state index contributed by atoms with van der Waals surface area (Å²) in [7, 11) is 1.49. The van der Waals surface area contributed by atoms with E-state index in [1.165, 1.54) is 11.9 Å². The lowest BCUT2D eigenvalue weighted by Crippen LogP contribution is -2.45. The number of carbonyl (C=O) groups excluding carboxylic acids is 2. The van der Waals surface area contributed by atoms with Crippen molar-refractivity contribution in [2.75, 3.05) is 7.05 Å². The summed E-state index contributed by atoms with van der Waals surface area (Å²) in [6.45, 7) is 9.17. The zero-order valence-electron chi connectivity index (χ0n) is 11.5. The van der Waals surface area contributed by atoms with Gasteiger partial charge in [-0.2, -0.15) is 0 Å². The molecule has 0 saturated carbocycles. The zero-order chi connectivity index (χ0) is 13.8. The molecule has 5 heteroatoms. The predicted molar refractivity (Wildman–Crippen MR) is 65.9 cm³/mol. The second kappa shape index (κ2) is 5.89. The van der Waals surface area contributed by atoms with Gasteiger partial charge in [0.1, 0.15) is 5.60 Å². The first-order valence-electron chi connectivity index (χ1n) is 5.76. The van der Waals surface area contributed by atoms with Gasteiger partial charge in [0, 0.05) is 11.8 Å². The molecule has 0 heterocycles. The quantitative estimate of drug-likeness (QED) is 0.706. The summed E-state index contributed by atoms with van der Waals surface area (Å²) in [6.07, 6.45) is -0.0957. The summed E-state index contributed by atoms with van der Waals surface area (Å²) in [5.41, 5.74) is -0.598. The van der Waals surface area contributed by atoms with Crippen LogP contribution in [0.1, 0.15) is 41.0 Å². The third kappa shape index (κ3) is 6.14. The van der Waals surface area contributed by atoms with Crippen LogP contribution in [0.3, 0.4) is 0 Å². The van der Waals surface area contributed by atoms with Gasteiger partial charge in [-0.25, -0.2) is 4.79 Å². The third-order valence-corrected chi connectivity index (χ3v) is 2.15.